The molecular formula is C11H13NO2. The molecule has 2 aliphatic heterocycles. The quantitative estimate of drug-likeness (QED) is 0.674. The lowest BCUT2D eigenvalue weighted by atomic mass is 9.97. The number of nitrogens with two attached hydrogens (primary N) is 1. The van der Waals surface area contributed by atoms with Crippen molar-refractivity contribution in [2.24, 2.45) is 5.73 Å². The van der Waals surface area contributed by atoms with Crippen molar-refractivity contribution in [1.82, 2.24) is 0 Å². The lowest BCUT2D eigenvalue weighted by Gasteiger charge is -2.24. The molecular weight excluding hydrogens is 178 g/mol. The molecule has 3 heteroatoms. The lowest BCUT2D eigenvalue weighted by molar-refractivity contribution is 0.266. The maximum absolute atomic E-state index is 6.02. The van der Waals surface area contributed by atoms with Crippen LogP contribution in [-0.4, -0.2) is 13.2 Å². The fourth-order valence-electron chi connectivity index (χ4n) is 2.17. The van der Waals surface area contributed by atoms with E-state index in [0.29, 0.717) is 0 Å². The van der Waals surface area contributed by atoms with Gasteiger partial charge in [-0.2, -0.15) is 0 Å². The monoisotopic (exact) mass is 191 g/mol. The summed E-state index contributed by atoms with van der Waals surface area (Å²) >= 11 is 0. The third kappa shape index (κ3) is 1.02. The maximum Gasteiger partial charge on any atom is 0.131 e. The highest BCUT2D eigenvalue weighted by atomic mass is 16.5. The minimum Gasteiger partial charge on any atom is -0.493 e. The van der Waals surface area contributed by atoms with E-state index in [-0.39, 0.29) is 6.04 Å². The van der Waals surface area contributed by atoms with Crippen LogP contribution in [0, 0.1) is 0 Å². The Morgan fingerprint density at radius 1 is 1.21 bits per heavy atom. The summed E-state index contributed by atoms with van der Waals surface area (Å²) in [5.74, 6) is 1.96. The van der Waals surface area contributed by atoms with Crippen molar-refractivity contribution in [1.29, 1.82) is 0 Å². The van der Waals surface area contributed by atoms with E-state index < -0.39 is 0 Å². The molecule has 0 spiro atoms. The van der Waals surface area contributed by atoms with Gasteiger partial charge in [-0.05, 0) is 6.07 Å². The topological polar surface area (TPSA) is 44.5 Å². The van der Waals surface area contributed by atoms with Crippen LogP contribution in [0.4, 0.5) is 0 Å². The van der Waals surface area contributed by atoms with Crippen LogP contribution in [0.1, 0.15) is 23.6 Å². The zero-order chi connectivity index (χ0) is 9.54. The van der Waals surface area contributed by atoms with E-state index in [1.807, 2.05) is 12.1 Å². The van der Waals surface area contributed by atoms with Gasteiger partial charge in [0, 0.05) is 30.0 Å². The molecule has 1 atom stereocenters. The van der Waals surface area contributed by atoms with Gasteiger partial charge in [0.15, 0.2) is 0 Å². The highest BCUT2D eigenvalue weighted by Gasteiger charge is 2.25. The van der Waals surface area contributed by atoms with Gasteiger partial charge in [0.2, 0.25) is 0 Å². The van der Waals surface area contributed by atoms with Crippen molar-refractivity contribution in [3.05, 3.63) is 23.3 Å². The first-order valence-corrected chi connectivity index (χ1v) is 5.03. The Hall–Kier alpha value is -1.22. The Kier molecular flexibility index (Phi) is 1.67. The fraction of sp³-hybridized carbons (Fsp3) is 0.455. The van der Waals surface area contributed by atoms with Crippen LogP contribution in [0.25, 0.3) is 0 Å². The van der Waals surface area contributed by atoms with Gasteiger partial charge in [-0.1, -0.05) is 6.07 Å². The SMILES string of the molecule is N[C@H]1CCOc2c1ccc1c2CCO1. The number of hydrogen-bond acceptors (Lipinski definition) is 3. The highest BCUT2D eigenvalue weighted by Crippen LogP contribution is 2.41. The van der Waals surface area contributed by atoms with Gasteiger partial charge in [0.1, 0.15) is 11.5 Å². The number of fused-ring (bicyclic) bond motifs is 3. The highest BCUT2D eigenvalue weighted by molar-refractivity contribution is 5.53. The Morgan fingerprint density at radius 3 is 3.07 bits per heavy atom. The molecule has 2 aliphatic rings. The third-order valence-electron chi connectivity index (χ3n) is 2.93. The molecule has 0 amide bonds. The van der Waals surface area contributed by atoms with E-state index in [0.717, 1.165) is 43.1 Å². The molecule has 0 aromatic heterocycles. The Balaban J connectivity index is 2.17. The van der Waals surface area contributed by atoms with Crippen molar-refractivity contribution < 1.29 is 9.47 Å². The average molecular weight is 191 g/mol. The number of ether oxygens (including phenoxy) is 2. The van der Waals surface area contributed by atoms with Crippen LogP contribution in [-0.2, 0) is 6.42 Å². The predicted octanol–water partition coefficient (Wildman–Crippen LogP) is 1.40. The van der Waals surface area contributed by atoms with Crippen molar-refractivity contribution in [3.63, 3.8) is 0 Å². The molecule has 74 valence electrons. The summed E-state index contributed by atoms with van der Waals surface area (Å²) in [7, 11) is 0. The van der Waals surface area contributed by atoms with E-state index in [2.05, 4.69) is 0 Å². The van der Waals surface area contributed by atoms with Crippen molar-refractivity contribution in [2.45, 2.75) is 18.9 Å². The predicted molar refractivity (Wildman–Crippen MR) is 52.7 cm³/mol. The van der Waals surface area contributed by atoms with Gasteiger partial charge in [-0.3, -0.25) is 0 Å². The second-order valence-electron chi connectivity index (χ2n) is 3.80. The molecule has 0 unspecified atom stereocenters. The molecule has 1 aromatic rings. The summed E-state index contributed by atoms with van der Waals surface area (Å²) in [6.45, 7) is 1.50. The average Bonchev–Trinajstić information content (AvgIpc) is 2.66. The minimum atomic E-state index is 0.129. The van der Waals surface area contributed by atoms with Gasteiger partial charge in [-0.25, -0.2) is 0 Å². The molecule has 2 N–H and O–H groups in total. The van der Waals surface area contributed by atoms with E-state index in [1.54, 1.807) is 0 Å². The van der Waals surface area contributed by atoms with E-state index in [4.69, 9.17) is 15.2 Å². The zero-order valence-corrected chi connectivity index (χ0v) is 7.95. The standard InChI is InChI=1S/C11H13NO2/c12-9-4-6-14-11-7(9)1-2-10-8(11)3-5-13-10/h1-2,9H,3-6,12H2/t9-/m0/s1. The second-order valence-corrected chi connectivity index (χ2v) is 3.80. The molecule has 0 fully saturated rings. The zero-order valence-electron chi connectivity index (χ0n) is 7.95. The molecule has 3 rings (SSSR count). The summed E-state index contributed by atoms with van der Waals surface area (Å²) in [4.78, 5) is 0. The fourth-order valence-corrected chi connectivity index (χ4v) is 2.17. The molecule has 3 nitrogen and oxygen atoms in total. The van der Waals surface area contributed by atoms with Gasteiger partial charge in [0.05, 0.1) is 13.2 Å². The Bertz CT molecular complexity index is 376. The Morgan fingerprint density at radius 2 is 2.14 bits per heavy atom. The first kappa shape index (κ1) is 8.12. The molecule has 0 radical (unpaired) electrons. The summed E-state index contributed by atoms with van der Waals surface area (Å²) < 4.78 is 11.2. The van der Waals surface area contributed by atoms with E-state index >= 15 is 0 Å². The molecule has 2 heterocycles. The molecule has 0 saturated heterocycles. The van der Waals surface area contributed by atoms with Gasteiger partial charge < -0.3 is 15.2 Å². The van der Waals surface area contributed by atoms with Crippen LogP contribution < -0.4 is 15.2 Å². The van der Waals surface area contributed by atoms with Gasteiger partial charge in [-0.15, -0.1) is 0 Å². The molecule has 0 saturated carbocycles. The van der Waals surface area contributed by atoms with Crippen molar-refractivity contribution in [2.75, 3.05) is 13.2 Å². The van der Waals surface area contributed by atoms with Crippen LogP contribution >= 0.6 is 0 Å². The van der Waals surface area contributed by atoms with Crippen LogP contribution in [0.15, 0.2) is 12.1 Å². The van der Waals surface area contributed by atoms with Crippen molar-refractivity contribution in [3.8, 4) is 11.5 Å². The van der Waals surface area contributed by atoms with E-state index in [1.165, 1.54) is 5.56 Å². The third-order valence-corrected chi connectivity index (χ3v) is 2.93. The summed E-state index contributed by atoms with van der Waals surface area (Å²) in [6.07, 6.45) is 1.86. The van der Waals surface area contributed by atoms with Gasteiger partial charge in [0.25, 0.3) is 0 Å². The molecule has 1 aromatic carbocycles. The first-order chi connectivity index (χ1) is 6.86. The maximum atomic E-state index is 6.02. The normalized spacial score (nSPS) is 23.4. The van der Waals surface area contributed by atoms with Crippen LogP contribution in [0.5, 0.6) is 11.5 Å². The largest absolute Gasteiger partial charge is 0.493 e. The first-order valence-electron chi connectivity index (χ1n) is 5.03. The molecule has 0 bridgehead atoms. The number of hydrogen-bond donors (Lipinski definition) is 1. The number of benzene rings is 1. The molecule has 14 heavy (non-hydrogen) atoms. The number of rotatable bonds is 0. The van der Waals surface area contributed by atoms with Gasteiger partial charge >= 0.3 is 0 Å². The smallest absolute Gasteiger partial charge is 0.131 e. The van der Waals surface area contributed by atoms with Crippen molar-refractivity contribution >= 4 is 0 Å². The summed E-state index contributed by atoms with van der Waals surface area (Å²) in [6, 6.07) is 4.17. The second kappa shape index (κ2) is 2.89. The summed E-state index contributed by atoms with van der Waals surface area (Å²) in [5, 5.41) is 0. The Labute approximate surface area is 82.8 Å². The van der Waals surface area contributed by atoms with Crippen LogP contribution in [0.3, 0.4) is 0 Å². The lowest BCUT2D eigenvalue weighted by Crippen LogP contribution is -2.21. The molecule has 0 aliphatic carbocycles. The van der Waals surface area contributed by atoms with E-state index in [9.17, 15) is 0 Å². The minimum absolute atomic E-state index is 0.129. The van der Waals surface area contributed by atoms with Crippen LogP contribution in [0.2, 0.25) is 0 Å². The summed E-state index contributed by atoms with van der Waals surface area (Å²) in [5.41, 5.74) is 8.37.